The molecule has 2 nitrogen and oxygen atoms in total. The van der Waals surface area contributed by atoms with Crippen LogP contribution in [-0.2, 0) is 6.42 Å². The maximum atomic E-state index is 3.66. The van der Waals surface area contributed by atoms with Crippen LogP contribution in [0.3, 0.4) is 0 Å². The highest BCUT2D eigenvalue weighted by atomic mass is 15.2. The van der Waals surface area contributed by atoms with Gasteiger partial charge in [-0.15, -0.1) is 0 Å². The predicted molar refractivity (Wildman–Crippen MR) is 77.1 cm³/mol. The molecule has 0 saturated carbocycles. The third kappa shape index (κ3) is 2.26. The number of anilines is 1. The average Bonchev–Trinajstić information content (AvgIpc) is 2.75. The minimum atomic E-state index is 0.670. The topological polar surface area (TPSA) is 15.3 Å². The van der Waals surface area contributed by atoms with E-state index in [1.807, 2.05) is 0 Å². The van der Waals surface area contributed by atoms with Crippen molar-refractivity contribution in [1.29, 1.82) is 0 Å². The first-order valence-corrected chi connectivity index (χ1v) is 7.30. The van der Waals surface area contributed by atoms with Gasteiger partial charge in [0.1, 0.15) is 0 Å². The second-order valence-electron chi connectivity index (χ2n) is 6.17. The van der Waals surface area contributed by atoms with Crippen molar-refractivity contribution < 1.29 is 0 Å². The fraction of sp³-hybridized carbons (Fsp3) is 0.625. The Morgan fingerprint density at radius 3 is 2.89 bits per heavy atom. The van der Waals surface area contributed by atoms with Gasteiger partial charge in [-0.05, 0) is 42.9 Å². The van der Waals surface area contributed by atoms with Gasteiger partial charge < -0.3 is 10.2 Å². The van der Waals surface area contributed by atoms with Crippen LogP contribution < -0.4 is 10.2 Å². The standard InChI is InChI=1S/C16H24N2/c1-12-9-14-5-3-4-6-16(14)18(10-12)11-15-13(2)7-8-17-15/h3-6,12-13,15,17H,7-11H2,1-2H3. The van der Waals surface area contributed by atoms with Gasteiger partial charge in [-0.3, -0.25) is 0 Å². The number of nitrogens with one attached hydrogen (secondary N) is 1. The van der Waals surface area contributed by atoms with E-state index in [0.717, 1.165) is 11.8 Å². The summed E-state index contributed by atoms with van der Waals surface area (Å²) in [7, 11) is 0. The first kappa shape index (κ1) is 12.0. The van der Waals surface area contributed by atoms with Crippen LogP contribution in [0.2, 0.25) is 0 Å². The minimum absolute atomic E-state index is 0.670. The SMILES string of the molecule is CC1Cc2ccccc2N(CC2NCCC2C)C1. The molecule has 1 fully saturated rings. The highest BCUT2D eigenvalue weighted by Crippen LogP contribution is 2.30. The minimum Gasteiger partial charge on any atom is -0.369 e. The number of hydrogen-bond donors (Lipinski definition) is 1. The Bertz CT molecular complexity index is 415. The molecule has 18 heavy (non-hydrogen) atoms. The van der Waals surface area contributed by atoms with Crippen LogP contribution in [0.5, 0.6) is 0 Å². The number of fused-ring (bicyclic) bond motifs is 1. The Morgan fingerprint density at radius 2 is 2.11 bits per heavy atom. The Balaban J connectivity index is 1.79. The zero-order valence-electron chi connectivity index (χ0n) is 11.5. The third-order valence-electron chi connectivity index (χ3n) is 4.54. The summed E-state index contributed by atoms with van der Waals surface area (Å²) in [4.78, 5) is 2.60. The third-order valence-corrected chi connectivity index (χ3v) is 4.54. The summed E-state index contributed by atoms with van der Waals surface area (Å²) in [6, 6.07) is 9.60. The molecule has 0 aliphatic carbocycles. The second-order valence-corrected chi connectivity index (χ2v) is 6.17. The molecule has 2 heteroatoms. The summed E-state index contributed by atoms with van der Waals surface area (Å²) >= 11 is 0. The van der Waals surface area contributed by atoms with E-state index in [9.17, 15) is 0 Å². The van der Waals surface area contributed by atoms with Gasteiger partial charge in [-0.2, -0.15) is 0 Å². The lowest BCUT2D eigenvalue weighted by Crippen LogP contribution is -2.44. The number of benzene rings is 1. The molecule has 2 aliphatic rings. The molecule has 3 atom stereocenters. The molecule has 1 aromatic rings. The Hall–Kier alpha value is -1.02. The lowest BCUT2D eigenvalue weighted by molar-refractivity contribution is 0.446. The van der Waals surface area contributed by atoms with Gasteiger partial charge in [0.2, 0.25) is 0 Å². The highest BCUT2D eigenvalue weighted by Gasteiger charge is 2.28. The van der Waals surface area contributed by atoms with Gasteiger partial charge >= 0.3 is 0 Å². The van der Waals surface area contributed by atoms with E-state index in [2.05, 4.69) is 48.3 Å². The Labute approximate surface area is 110 Å². The van der Waals surface area contributed by atoms with Crippen molar-refractivity contribution in [2.75, 3.05) is 24.5 Å². The molecule has 0 radical (unpaired) electrons. The van der Waals surface area contributed by atoms with Crippen molar-refractivity contribution in [2.45, 2.75) is 32.7 Å². The van der Waals surface area contributed by atoms with E-state index < -0.39 is 0 Å². The lowest BCUT2D eigenvalue weighted by atomic mass is 9.92. The van der Waals surface area contributed by atoms with Crippen LogP contribution in [0, 0.1) is 11.8 Å². The van der Waals surface area contributed by atoms with Crippen LogP contribution in [0.1, 0.15) is 25.8 Å². The summed E-state index contributed by atoms with van der Waals surface area (Å²) in [6.45, 7) is 8.32. The molecule has 2 aliphatic heterocycles. The molecule has 98 valence electrons. The summed E-state index contributed by atoms with van der Waals surface area (Å²) in [5, 5.41) is 3.66. The molecule has 0 amide bonds. The smallest absolute Gasteiger partial charge is 0.0399 e. The fourth-order valence-corrected chi connectivity index (χ4v) is 3.46. The number of para-hydroxylation sites is 1. The number of hydrogen-bond acceptors (Lipinski definition) is 2. The molecule has 3 rings (SSSR count). The molecular weight excluding hydrogens is 220 g/mol. The summed E-state index contributed by atoms with van der Waals surface area (Å²) < 4.78 is 0. The Morgan fingerprint density at radius 1 is 1.28 bits per heavy atom. The van der Waals surface area contributed by atoms with Crippen LogP contribution in [-0.4, -0.2) is 25.7 Å². The van der Waals surface area contributed by atoms with Crippen LogP contribution in [0.15, 0.2) is 24.3 Å². The molecule has 2 heterocycles. The maximum Gasteiger partial charge on any atom is 0.0399 e. The fourth-order valence-electron chi connectivity index (χ4n) is 3.46. The first-order valence-electron chi connectivity index (χ1n) is 7.30. The quantitative estimate of drug-likeness (QED) is 0.860. The van der Waals surface area contributed by atoms with Gasteiger partial charge in [-0.1, -0.05) is 32.0 Å². The van der Waals surface area contributed by atoms with E-state index in [1.165, 1.54) is 43.7 Å². The first-order chi connectivity index (χ1) is 8.74. The molecule has 1 saturated heterocycles. The van der Waals surface area contributed by atoms with Crippen molar-refractivity contribution >= 4 is 5.69 Å². The zero-order chi connectivity index (χ0) is 12.5. The highest BCUT2D eigenvalue weighted by molar-refractivity contribution is 5.55. The maximum absolute atomic E-state index is 3.66. The molecule has 0 aromatic heterocycles. The number of nitrogens with zero attached hydrogens (tertiary/aromatic N) is 1. The second kappa shape index (κ2) is 4.93. The Kier molecular flexibility index (Phi) is 3.29. The van der Waals surface area contributed by atoms with E-state index in [-0.39, 0.29) is 0 Å². The molecule has 1 N–H and O–H groups in total. The van der Waals surface area contributed by atoms with Crippen LogP contribution in [0.25, 0.3) is 0 Å². The zero-order valence-corrected chi connectivity index (χ0v) is 11.5. The van der Waals surface area contributed by atoms with Gasteiger partial charge in [0, 0.05) is 24.8 Å². The summed E-state index contributed by atoms with van der Waals surface area (Å²) in [6.07, 6.45) is 2.57. The molecule has 1 aromatic carbocycles. The van der Waals surface area contributed by atoms with Crippen LogP contribution >= 0.6 is 0 Å². The van der Waals surface area contributed by atoms with Crippen molar-refractivity contribution in [1.82, 2.24) is 5.32 Å². The lowest BCUT2D eigenvalue weighted by Gasteiger charge is -2.37. The van der Waals surface area contributed by atoms with E-state index >= 15 is 0 Å². The van der Waals surface area contributed by atoms with Crippen LogP contribution in [0.4, 0.5) is 5.69 Å². The van der Waals surface area contributed by atoms with Crippen molar-refractivity contribution in [3.63, 3.8) is 0 Å². The normalized spacial score (nSPS) is 31.4. The van der Waals surface area contributed by atoms with Crippen molar-refractivity contribution in [3.05, 3.63) is 29.8 Å². The van der Waals surface area contributed by atoms with Gasteiger partial charge in [0.25, 0.3) is 0 Å². The molecular formula is C16H24N2. The number of rotatable bonds is 2. The monoisotopic (exact) mass is 244 g/mol. The average molecular weight is 244 g/mol. The molecule has 3 unspecified atom stereocenters. The summed E-state index contributed by atoms with van der Waals surface area (Å²) in [5.41, 5.74) is 3.00. The van der Waals surface area contributed by atoms with Gasteiger partial charge in [0.05, 0.1) is 0 Å². The van der Waals surface area contributed by atoms with Crippen molar-refractivity contribution in [3.8, 4) is 0 Å². The molecule has 0 spiro atoms. The van der Waals surface area contributed by atoms with Gasteiger partial charge in [-0.25, -0.2) is 0 Å². The molecule has 0 bridgehead atoms. The van der Waals surface area contributed by atoms with Gasteiger partial charge in [0.15, 0.2) is 0 Å². The van der Waals surface area contributed by atoms with E-state index in [0.29, 0.717) is 6.04 Å². The van der Waals surface area contributed by atoms with E-state index in [1.54, 1.807) is 0 Å². The summed E-state index contributed by atoms with van der Waals surface area (Å²) in [5.74, 6) is 1.59. The van der Waals surface area contributed by atoms with Crippen molar-refractivity contribution in [2.24, 2.45) is 11.8 Å². The predicted octanol–water partition coefficient (Wildman–Crippen LogP) is 2.68. The van der Waals surface area contributed by atoms with E-state index in [4.69, 9.17) is 0 Å². The largest absolute Gasteiger partial charge is 0.369 e.